The summed E-state index contributed by atoms with van der Waals surface area (Å²) in [5, 5.41) is 13.3. The lowest BCUT2D eigenvalue weighted by atomic mass is 10.3. The van der Waals surface area contributed by atoms with Gasteiger partial charge in [-0.05, 0) is 42.5 Å². The van der Waals surface area contributed by atoms with Crippen molar-refractivity contribution in [2.75, 3.05) is 5.32 Å². The van der Waals surface area contributed by atoms with Gasteiger partial charge in [0.25, 0.3) is 11.6 Å². The average Bonchev–Trinajstić information content (AvgIpc) is 3.17. The molecule has 132 valence electrons. The summed E-state index contributed by atoms with van der Waals surface area (Å²) in [6.45, 7) is 0. The molecule has 1 aromatic heterocycles. The van der Waals surface area contributed by atoms with Crippen LogP contribution in [-0.4, -0.2) is 19.2 Å². The molecular weight excluding hydrogens is 360 g/mol. The third-order valence-corrected chi connectivity index (χ3v) is 5.35. The molecule has 0 aliphatic rings. The number of anilines is 1. The highest BCUT2D eigenvalue weighted by Crippen LogP contribution is 2.24. The Labute approximate surface area is 148 Å². The van der Waals surface area contributed by atoms with E-state index in [4.69, 9.17) is 4.42 Å². The molecule has 8 nitrogen and oxygen atoms in total. The molecule has 0 radical (unpaired) electrons. The number of nitrogens with one attached hydrogen (secondary N) is 1. The normalized spacial score (nSPS) is 11.1. The van der Waals surface area contributed by atoms with E-state index in [-0.39, 0.29) is 21.4 Å². The summed E-state index contributed by atoms with van der Waals surface area (Å²) < 4.78 is 30.0. The van der Waals surface area contributed by atoms with Crippen molar-refractivity contribution >= 4 is 27.1 Å². The number of benzene rings is 2. The molecule has 3 rings (SSSR count). The van der Waals surface area contributed by atoms with E-state index in [1.54, 1.807) is 0 Å². The molecular formula is C17H12N2O6S. The summed E-state index contributed by atoms with van der Waals surface area (Å²) in [5.41, 5.74) is 0.563. The van der Waals surface area contributed by atoms with Crippen LogP contribution < -0.4 is 5.32 Å². The molecule has 2 aromatic carbocycles. The zero-order chi connectivity index (χ0) is 18.7. The van der Waals surface area contributed by atoms with Gasteiger partial charge >= 0.3 is 0 Å². The van der Waals surface area contributed by atoms with Gasteiger partial charge in [0.2, 0.25) is 9.84 Å². The first-order chi connectivity index (χ1) is 12.4. The summed E-state index contributed by atoms with van der Waals surface area (Å²) in [4.78, 5) is 21.9. The van der Waals surface area contributed by atoms with Crippen LogP contribution in [0.25, 0.3) is 0 Å². The van der Waals surface area contributed by atoms with Crippen molar-refractivity contribution in [1.82, 2.24) is 0 Å². The second kappa shape index (κ2) is 6.81. The number of nitro benzene ring substituents is 1. The Morgan fingerprint density at radius 3 is 2.04 bits per heavy atom. The number of hydrogen-bond acceptors (Lipinski definition) is 6. The molecule has 0 aliphatic carbocycles. The van der Waals surface area contributed by atoms with E-state index in [1.165, 1.54) is 55.0 Å². The van der Waals surface area contributed by atoms with Crippen LogP contribution in [0.5, 0.6) is 0 Å². The maximum atomic E-state index is 12.6. The van der Waals surface area contributed by atoms with E-state index >= 15 is 0 Å². The Bertz CT molecular complexity index is 1040. The number of nitro groups is 1. The van der Waals surface area contributed by atoms with E-state index in [2.05, 4.69) is 5.32 Å². The summed E-state index contributed by atoms with van der Waals surface area (Å²) in [6.07, 6.45) is 2.66. The standard InChI is InChI=1S/C17H12N2O6S/c20-17(12-9-10-25-11-12)18-13-1-5-15(6-2-13)26(23,24)16-7-3-14(4-8-16)19(21)22/h1-11H,(H,18,20). The topological polar surface area (TPSA) is 120 Å². The van der Waals surface area contributed by atoms with Gasteiger partial charge in [-0.2, -0.15) is 0 Å². The van der Waals surface area contributed by atoms with E-state index in [0.717, 1.165) is 12.1 Å². The van der Waals surface area contributed by atoms with Gasteiger partial charge in [-0.15, -0.1) is 0 Å². The third kappa shape index (κ3) is 3.47. The lowest BCUT2D eigenvalue weighted by Gasteiger charge is -2.07. The van der Waals surface area contributed by atoms with Crippen LogP contribution in [0.15, 0.2) is 81.3 Å². The van der Waals surface area contributed by atoms with E-state index in [0.29, 0.717) is 11.3 Å². The Kier molecular flexibility index (Phi) is 4.55. The van der Waals surface area contributed by atoms with Gasteiger partial charge < -0.3 is 9.73 Å². The van der Waals surface area contributed by atoms with Crippen LogP contribution >= 0.6 is 0 Å². The predicted molar refractivity (Wildman–Crippen MR) is 91.7 cm³/mol. The largest absolute Gasteiger partial charge is 0.472 e. The minimum absolute atomic E-state index is 0.00710. The van der Waals surface area contributed by atoms with Crippen LogP contribution in [0.2, 0.25) is 0 Å². The van der Waals surface area contributed by atoms with E-state index in [9.17, 15) is 23.3 Å². The molecule has 1 N–H and O–H groups in total. The summed E-state index contributed by atoms with van der Waals surface area (Å²) in [7, 11) is -3.82. The number of furan rings is 1. The first kappa shape index (κ1) is 17.4. The fourth-order valence-corrected chi connectivity index (χ4v) is 3.46. The molecule has 1 amide bonds. The van der Waals surface area contributed by atoms with Gasteiger partial charge in [0.1, 0.15) is 6.26 Å². The molecule has 3 aromatic rings. The van der Waals surface area contributed by atoms with Crippen LogP contribution in [-0.2, 0) is 9.84 Å². The van der Waals surface area contributed by atoms with Crippen molar-refractivity contribution in [3.63, 3.8) is 0 Å². The fourth-order valence-electron chi connectivity index (χ4n) is 2.20. The minimum atomic E-state index is -3.82. The quantitative estimate of drug-likeness (QED) is 0.542. The first-order valence-corrected chi connectivity index (χ1v) is 8.79. The Hall–Kier alpha value is -3.46. The third-order valence-electron chi connectivity index (χ3n) is 3.56. The van der Waals surface area contributed by atoms with E-state index < -0.39 is 14.8 Å². The summed E-state index contributed by atoms with van der Waals surface area (Å²) >= 11 is 0. The molecule has 0 aliphatic heterocycles. The van der Waals surface area contributed by atoms with Gasteiger partial charge in [-0.1, -0.05) is 0 Å². The van der Waals surface area contributed by atoms with Crippen LogP contribution in [0.3, 0.4) is 0 Å². The van der Waals surface area contributed by atoms with Crippen LogP contribution in [0.4, 0.5) is 11.4 Å². The second-order valence-electron chi connectivity index (χ2n) is 5.24. The van der Waals surface area contributed by atoms with Crippen molar-refractivity contribution in [1.29, 1.82) is 0 Å². The number of sulfone groups is 1. The van der Waals surface area contributed by atoms with Crippen molar-refractivity contribution in [3.8, 4) is 0 Å². The zero-order valence-electron chi connectivity index (χ0n) is 13.2. The maximum Gasteiger partial charge on any atom is 0.269 e. The molecule has 0 fully saturated rings. The number of hydrogen-bond donors (Lipinski definition) is 1. The lowest BCUT2D eigenvalue weighted by molar-refractivity contribution is -0.384. The van der Waals surface area contributed by atoms with Crippen molar-refractivity contribution in [2.24, 2.45) is 0 Å². The number of rotatable bonds is 5. The number of non-ortho nitro benzene ring substituents is 1. The van der Waals surface area contributed by atoms with Crippen molar-refractivity contribution < 1.29 is 22.6 Å². The maximum absolute atomic E-state index is 12.6. The fraction of sp³-hybridized carbons (Fsp3) is 0. The Morgan fingerprint density at radius 1 is 0.962 bits per heavy atom. The zero-order valence-corrected chi connectivity index (χ0v) is 14.0. The minimum Gasteiger partial charge on any atom is -0.472 e. The van der Waals surface area contributed by atoms with Crippen molar-refractivity contribution in [3.05, 3.63) is 82.8 Å². The van der Waals surface area contributed by atoms with Gasteiger partial charge in [-0.25, -0.2) is 8.42 Å². The molecule has 0 saturated carbocycles. The number of carbonyl (C=O) groups excluding carboxylic acids is 1. The highest BCUT2D eigenvalue weighted by Gasteiger charge is 2.19. The molecule has 0 unspecified atom stereocenters. The molecule has 0 atom stereocenters. The van der Waals surface area contributed by atoms with Gasteiger partial charge in [0.05, 0.1) is 26.5 Å². The lowest BCUT2D eigenvalue weighted by Crippen LogP contribution is -2.11. The number of nitrogens with zero attached hydrogens (tertiary/aromatic N) is 1. The SMILES string of the molecule is O=C(Nc1ccc(S(=O)(=O)c2ccc([N+](=O)[O-])cc2)cc1)c1ccoc1. The smallest absolute Gasteiger partial charge is 0.269 e. The highest BCUT2D eigenvalue weighted by molar-refractivity contribution is 7.91. The molecule has 1 heterocycles. The molecule has 0 bridgehead atoms. The molecule has 26 heavy (non-hydrogen) atoms. The van der Waals surface area contributed by atoms with Crippen molar-refractivity contribution in [2.45, 2.75) is 9.79 Å². The first-order valence-electron chi connectivity index (χ1n) is 7.31. The summed E-state index contributed by atoms with van der Waals surface area (Å²) in [6, 6.07) is 11.7. The highest BCUT2D eigenvalue weighted by atomic mass is 32.2. The predicted octanol–water partition coefficient (Wildman–Crippen LogP) is 3.27. The van der Waals surface area contributed by atoms with E-state index in [1.807, 2.05) is 0 Å². The monoisotopic (exact) mass is 372 g/mol. The van der Waals surface area contributed by atoms with Gasteiger partial charge in [0, 0.05) is 17.8 Å². The molecule has 9 heteroatoms. The molecule has 0 saturated heterocycles. The Morgan fingerprint density at radius 2 is 1.54 bits per heavy atom. The number of amides is 1. The van der Waals surface area contributed by atoms with Crippen LogP contribution in [0.1, 0.15) is 10.4 Å². The number of carbonyl (C=O) groups is 1. The average molecular weight is 372 g/mol. The molecule has 0 spiro atoms. The Balaban J connectivity index is 1.80. The van der Waals surface area contributed by atoms with Gasteiger partial charge in [-0.3, -0.25) is 14.9 Å². The summed E-state index contributed by atoms with van der Waals surface area (Å²) in [5.74, 6) is -0.385. The second-order valence-corrected chi connectivity index (χ2v) is 7.19. The van der Waals surface area contributed by atoms with Gasteiger partial charge in [0.15, 0.2) is 0 Å². The van der Waals surface area contributed by atoms with Crippen LogP contribution in [0, 0.1) is 10.1 Å².